The largest absolute Gasteiger partial charge is 0.478 e. The van der Waals surface area contributed by atoms with E-state index in [1.165, 1.54) is 0 Å². The Morgan fingerprint density at radius 2 is 2.19 bits per heavy atom. The second-order valence-corrected chi connectivity index (χ2v) is 5.00. The normalized spacial score (nSPS) is 13.9. The van der Waals surface area contributed by atoms with Crippen LogP contribution in [-0.4, -0.2) is 28.7 Å². The molecule has 6 nitrogen and oxygen atoms in total. The molecule has 0 aliphatic carbocycles. The van der Waals surface area contributed by atoms with Crippen molar-refractivity contribution in [3.8, 4) is 0 Å². The molecule has 1 aliphatic heterocycles. The third-order valence-electron chi connectivity index (χ3n) is 3.56. The van der Waals surface area contributed by atoms with Crippen molar-refractivity contribution in [2.24, 2.45) is 0 Å². The Hall–Kier alpha value is -2.63. The molecule has 0 spiro atoms. The molecule has 21 heavy (non-hydrogen) atoms. The minimum absolute atomic E-state index is 0.168. The van der Waals surface area contributed by atoms with Crippen LogP contribution in [0.15, 0.2) is 28.8 Å². The number of aromatic carboxylic acids is 1. The summed E-state index contributed by atoms with van der Waals surface area (Å²) in [6.07, 6.45) is 1.37. The van der Waals surface area contributed by atoms with Gasteiger partial charge in [0, 0.05) is 18.3 Å². The highest BCUT2D eigenvalue weighted by molar-refractivity contribution is 6.06. The van der Waals surface area contributed by atoms with Gasteiger partial charge in [-0.25, -0.2) is 4.79 Å². The molecule has 2 aromatic rings. The molecule has 1 aliphatic rings. The predicted molar refractivity (Wildman–Crippen MR) is 74.6 cm³/mol. The van der Waals surface area contributed by atoms with Crippen LogP contribution in [0.1, 0.15) is 38.6 Å². The molecule has 1 aromatic heterocycles. The maximum atomic E-state index is 12.5. The van der Waals surface area contributed by atoms with Gasteiger partial charge >= 0.3 is 5.97 Å². The van der Waals surface area contributed by atoms with Crippen molar-refractivity contribution >= 4 is 17.6 Å². The van der Waals surface area contributed by atoms with Crippen LogP contribution >= 0.6 is 0 Å². The Balaban J connectivity index is 2.03. The highest BCUT2D eigenvalue weighted by Gasteiger charge is 2.28. The number of amides is 1. The van der Waals surface area contributed by atoms with Gasteiger partial charge in [0.05, 0.1) is 11.3 Å². The first-order valence-corrected chi connectivity index (χ1v) is 6.68. The van der Waals surface area contributed by atoms with Crippen LogP contribution < -0.4 is 4.90 Å². The zero-order valence-corrected chi connectivity index (χ0v) is 11.5. The summed E-state index contributed by atoms with van der Waals surface area (Å²) < 4.78 is 5.01. The number of hydrogen-bond acceptors (Lipinski definition) is 4. The number of carboxylic acid groups (broad SMARTS) is 1. The number of rotatable bonds is 2. The van der Waals surface area contributed by atoms with E-state index in [-0.39, 0.29) is 17.2 Å². The van der Waals surface area contributed by atoms with Crippen molar-refractivity contribution < 1.29 is 19.2 Å². The second kappa shape index (κ2) is 5.05. The van der Waals surface area contributed by atoms with Crippen molar-refractivity contribution in [1.82, 2.24) is 5.16 Å². The average Bonchev–Trinajstić information content (AvgIpc) is 2.91. The Bertz CT molecular complexity index is 720. The molecular formula is C15H14N2O4. The molecule has 1 aromatic carbocycles. The molecular weight excluding hydrogens is 272 g/mol. The van der Waals surface area contributed by atoms with Crippen molar-refractivity contribution in [3.63, 3.8) is 0 Å². The fourth-order valence-corrected chi connectivity index (χ4v) is 2.63. The maximum Gasteiger partial charge on any atom is 0.336 e. The Morgan fingerprint density at radius 1 is 1.38 bits per heavy atom. The van der Waals surface area contributed by atoms with Gasteiger partial charge in [-0.15, -0.1) is 0 Å². The molecule has 0 bridgehead atoms. The number of anilines is 1. The monoisotopic (exact) mass is 286 g/mol. The lowest BCUT2D eigenvalue weighted by atomic mass is 9.96. The fourth-order valence-electron chi connectivity index (χ4n) is 2.63. The summed E-state index contributed by atoms with van der Waals surface area (Å²) in [7, 11) is 0. The number of fused-ring (bicyclic) bond motifs is 1. The summed E-state index contributed by atoms with van der Waals surface area (Å²) in [6, 6.07) is 6.56. The van der Waals surface area contributed by atoms with E-state index in [4.69, 9.17) is 4.52 Å². The molecule has 1 N–H and O–H groups in total. The minimum Gasteiger partial charge on any atom is -0.478 e. The number of carbonyl (C=O) groups excluding carboxylic acids is 1. The zero-order valence-electron chi connectivity index (χ0n) is 11.5. The standard InChI is InChI=1S/C15H14N2O4/c1-9-8-13(21-16-9)14(18)17-7-3-5-10-11(15(19)20)4-2-6-12(10)17/h2,4,6,8H,3,5,7H2,1H3,(H,19,20). The van der Waals surface area contributed by atoms with E-state index >= 15 is 0 Å². The van der Waals surface area contributed by atoms with Gasteiger partial charge in [-0.1, -0.05) is 11.2 Å². The first kappa shape index (κ1) is 13.4. The number of carbonyl (C=O) groups is 2. The lowest BCUT2D eigenvalue weighted by Crippen LogP contribution is -2.35. The van der Waals surface area contributed by atoms with Crippen LogP contribution in [0.2, 0.25) is 0 Å². The van der Waals surface area contributed by atoms with Crippen molar-refractivity contribution in [2.75, 3.05) is 11.4 Å². The number of aromatic nitrogens is 1. The Labute approximate surface area is 121 Å². The summed E-state index contributed by atoms with van der Waals surface area (Å²) in [6.45, 7) is 2.28. The minimum atomic E-state index is -0.975. The molecule has 108 valence electrons. The molecule has 0 fully saturated rings. The van der Waals surface area contributed by atoms with E-state index in [1.807, 2.05) is 0 Å². The van der Waals surface area contributed by atoms with Crippen LogP contribution in [0.4, 0.5) is 5.69 Å². The highest BCUT2D eigenvalue weighted by Crippen LogP contribution is 2.31. The SMILES string of the molecule is Cc1cc(C(=O)N2CCCc3c(C(=O)O)cccc32)on1. The van der Waals surface area contributed by atoms with Crippen molar-refractivity contribution in [2.45, 2.75) is 19.8 Å². The quantitative estimate of drug-likeness (QED) is 0.915. The second-order valence-electron chi connectivity index (χ2n) is 5.00. The molecule has 3 rings (SSSR count). The number of nitrogens with zero attached hydrogens (tertiary/aromatic N) is 2. The summed E-state index contributed by atoms with van der Waals surface area (Å²) in [4.78, 5) is 25.4. The van der Waals surface area contributed by atoms with E-state index in [0.717, 1.165) is 6.42 Å². The average molecular weight is 286 g/mol. The summed E-state index contributed by atoms with van der Waals surface area (Å²) in [5.74, 6) is -1.10. The number of hydrogen-bond donors (Lipinski definition) is 1. The first-order valence-electron chi connectivity index (χ1n) is 6.68. The first-order chi connectivity index (χ1) is 10.1. The van der Waals surface area contributed by atoms with Crippen LogP contribution in [0, 0.1) is 6.92 Å². The van der Waals surface area contributed by atoms with E-state index < -0.39 is 5.97 Å². The summed E-state index contributed by atoms with van der Waals surface area (Å²) in [5, 5.41) is 13.0. The van der Waals surface area contributed by atoms with Gasteiger partial charge in [0.1, 0.15) is 0 Å². The molecule has 0 saturated heterocycles. The van der Waals surface area contributed by atoms with Crippen molar-refractivity contribution in [3.05, 3.63) is 46.8 Å². The van der Waals surface area contributed by atoms with Crippen LogP contribution in [0.25, 0.3) is 0 Å². The summed E-state index contributed by atoms with van der Waals surface area (Å²) >= 11 is 0. The smallest absolute Gasteiger partial charge is 0.336 e. The Morgan fingerprint density at radius 3 is 2.86 bits per heavy atom. The fraction of sp³-hybridized carbons (Fsp3) is 0.267. The molecule has 0 saturated carbocycles. The van der Waals surface area contributed by atoms with Crippen LogP contribution in [0.3, 0.4) is 0 Å². The third-order valence-corrected chi connectivity index (χ3v) is 3.56. The van der Waals surface area contributed by atoms with E-state index in [1.54, 1.807) is 36.1 Å². The molecule has 6 heteroatoms. The van der Waals surface area contributed by atoms with Crippen molar-refractivity contribution in [1.29, 1.82) is 0 Å². The van der Waals surface area contributed by atoms with Gasteiger partial charge in [0.2, 0.25) is 5.76 Å². The van der Waals surface area contributed by atoms with Gasteiger partial charge in [0.25, 0.3) is 5.91 Å². The molecule has 0 atom stereocenters. The predicted octanol–water partition coefficient (Wildman–Crippen LogP) is 2.27. The lowest BCUT2D eigenvalue weighted by Gasteiger charge is -2.29. The Kier molecular flexibility index (Phi) is 3.21. The van der Waals surface area contributed by atoms with Gasteiger partial charge in [-0.3, -0.25) is 4.79 Å². The molecule has 1 amide bonds. The molecule has 2 heterocycles. The number of benzene rings is 1. The maximum absolute atomic E-state index is 12.5. The summed E-state index contributed by atoms with van der Waals surface area (Å²) in [5.41, 5.74) is 2.22. The van der Waals surface area contributed by atoms with Gasteiger partial charge in [0.15, 0.2) is 0 Å². The number of carboxylic acids is 1. The van der Waals surface area contributed by atoms with E-state index in [2.05, 4.69) is 5.16 Å². The van der Waals surface area contributed by atoms with Crippen LogP contribution in [0.5, 0.6) is 0 Å². The van der Waals surface area contributed by atoms with Crippen LogP contribution in [-0.2, 0) is 6.42 Å². The number of aryl methyl sites for hydroxylation is 1. The topological polar surface area (TPSA) is 83.6 Å². The van der Waals surface area contributed by atoms with Gasteiger partial charge in [-0.2, -0.15) is 0 Å². The van der Waals surface area contributed by atoms with E-state index in [0.29, 0.717) is 29.9 Å². The highest BCUT2D eigenvalue weighted by atomic mass is 16.5. The molecule has 0 unspecified atom stereocenters. The van der Waals surface area contributed by atoms with Gasteiger partial charge in [-0.05, 0) is 37.5 Å². The lowest BCUT2D eigenvalue weighted by molar-refractivity contribution is 0.0695. The molecule has 0 radical (unpaired) electrons. The zero-order chi connectivity index (χ0) is 15.0. The van der Waals surface area contributed by atoms with Gasteiger partial charge < -0.3 is 14.5 Å². The third kappa shape index (κ3) is 2.29. The van der Waals surface area contributed by atoms with E-state index in [9.17, 15) is 14.7 Å².